The third kappa shape index (κ3) is 2.74. The topological polar surface area (TPSA) is 80.7 Å². The normalized spacial score (nSPS) is 11.3. The van der Waals surface area contributed by atoms with Gasteiger partial charge in [0.05, 0.1) is 5.56 Å². The predicted molar refractivity (Wildman–Crippen MR) is 74.7 cm³/mol. The molecule has 21 heavy (non-hydrogen) atoms. The molecule has 0 aliphatic heterocycles. The summed E-state index contributed by atoms with van der Waals surface area (Å²) in [6.45, 7) is 0. The summed E-state index contributed by atoms with van der Waals surface area (Å²) in [6.07, 6.45) is 1.17. The van der Waals surface area contributed by atoms with Gasteiger partial charge in [-0.1, -0.05) is 35.5 Å². The van der Waals surface area contributed by atoms with Crippen LogP contribution in [-0.4, -0.2) is 21.1 Å². The van der Waals surface area contributed by atoms with Crippen LogP contribution in [-0.2, 0) is 0 Å². The van der Waals surface area contributed by atoms with E-state index in [9.17, 15) is 5.21 Å². The van der Waals surface area contributed by atoms with Crippen molar-refractivity contribution in [2.45, 2.75) is 0 Å². The van der Waals surface area contributed by atoms with E-state index in [2.05, 4.69) is 15.4 Å². The van der Waals surface area contributed by atoms with Crippen molar-refractivity contribution < 1.29 is 14.4 Å². The summed E-state index contributed by atoms with van der Waals surface area (Å²) < 4.78 is 10.9. The highest BCUT2D eigenvalue weighted by Gasteiger charge is 2.18. The van der Waals surface area contributed by atoms with Gasteiger partial charge in [-0.05, 0) is 24.3 Å². The Labute approximate surface area is 120 Å². The summed E-state index contributed by atoms with van der Waals surface area (Å²) in [5, 5.41) is 19.8. The Balaban J connectivity index is 2.00. The van der Waals surface area contributed by atoms with Crippen molar-refractivity contribution in [2.24, 2.45) is 5.16 Å². The summed E-state index contributed by atoms with van der Waals surface area (Å²) in [5.41, 5.74) is 0.701. The van der Waals surface area contributed by atoms with E-state index in [0.717, 1.165) is 0 Å². The van der Waals surface area contributed by atoms with Gasteiger partial charge < -0.3 is 14.4 Å². The van der Waals surface area contributed by atoms with E-state index in [-0.39, 0.29) is 11.6 Å². The number of aromatic nitrogens is 2. The predicted octanol–water partition coefficient (Wildman–Crippen LogP) is 3.09. The van der Waals surface area contributed by atoms with Crippen LogP contribution >= 0.6 is 0 Å². The number of hydrogen-bond donors (Lipinski definition) is 1. The Hall–Kier alpha value is -3.15. The monoisotopic (exact) mass is 281 g/mol. The third-order valence-electron chi connectivity index (χ3n) is 2.78. The molecule has 3 aromatic rings. The van der Waals surface area contributed by atoms with Crippen LogP contribution in [0, 0.1) is 0 Å². The van der Waals surface area contributed by atoms with Gasteiger partial charge in [0.15, 0.2) is 5.71 Å². The van der Waals surface area contributed by atoms with Gasteiger partial charge in [-0.3, -0.25) is 0 Å². The Bertz CT molecular complexity index is 740. The molecule has 0 radical (unpaired) electrons. The van der Waals surface area contributed by atoms with Crippen LogP contribution in [0.15, 0.2) is 70.6 Å². The van der Waals surface area contributed by atoms with E-state index in [0.29, 0.717) is 17.1 Å². The number of hydrogen-bond acceptors (Lipinski definition) is 6. The number of para-hydroxylation sites is 2. The zero-order valence-corrected chi connectivity index (χ0v) is 10.9. The molecule has 0 bridgehead atoms. The number of nitrogens with zero attached hydrogens (tertiary/aromatic N) is 3. The van der Waals surface area contributed by atoms with Crippen molar-refractivity contribution in [1.82, 2.24) is 10.2 Å². The molecule has 3 rings (SSSR count). The highest BCUT2D eigenvalue weighted by molar-refractivity contribution is 6.11. The first kappa shape index (κ1) is 12.9. The van der Waals surface area contributed by atoms with E-state index < -0.39 is 0 Å². The molecular formula is C15H11N3O3. The van der Waals surface area contributed by atoms with Crippen LogP contribution in [0.25, 0.3) is 0 Å². The second kappa shape index (κ2) is 5.87. The smallest absolute Gasteiger partial charge is 0.270 e. The van der Waals surface area contributed by atoms with Crippen LogP contribution in [0.4, 0.5) is 0 Å². The fourth-order valence-electron chi connectivity index (χ4n) is 1.85. The van der Waals surface area contributed by atoms with Crippen molar-refractivity contribution in [3.63, 3.8) is 0 Å². The van der Waals surface area contributed by atoms with Gasteiger partial charge >= 0.3 is 0 Å². The Kier molecular flexibility index (Phi) is 3.60. The first-order chi connectivity index (χ1) is 10.4. The molecule has 6 heteroatoms. The molecule has 2 aromatic carbocycles. The third-order valence-corrected chi connectivity index (χ3v) is 2.78. The van der Waals surface area contributed by atoms with Crippen molar-refractivity contribution in [3.05, 3.63) is 72.4 Å². The van der Waals surface area contributed by atoms with Crippen LogP contribution in [0.1, 0.15) is 11.5 Å². The summed E-state index contributed by atoms with van der Waals surface area (Å²) in [6, 6.07) is 16.4. The lowest BCUT2D eigenvalue weighted by Gasteiger charge is -2.10. The molecule has 0 spiro atoms. The highest BCUT2D eigenvalue weighted by Crippen LogP contribution is 2.26. The summed E-state index contributed by atoms with van der Waals surface area (Å²) in [5.74, 6) is 1.31. The van der Waals surface area contributed by atoms with Gasteiger partial charge in [-0.15, -0.1) is 10.2 Å². The number of oxime groups is 1. The Morgan fingerprint density at radius 1 is 1.05 bits per heavy atom. The van der Waals surface area contributed by atoms with Gasteiger partial charge in [-0.2, -0.15) is 0 Å². The molecule has 104 valence electrons. The molecule has 6 nitrogen and oxygen atoms in total. The first-order valence-electron chi connectivity index (χ1n) is 6.19. The molecule has 0 unspecified atom stereocenters. The maximum absolute atomic E-state index is 9.25. The zero-order chi connectivity index (χ0) is 14.5. The molecule has 0 amide bonds. The SMILES string of the molecule is ON=C(c1nnco1)c1ccccc1Oc1ccccc1. The lowest BCUT2D eigenvalue weighted by molar-refractivity contribution is 0.317. The largest absolute Gasteiger partial charge is 0.457 e. The quantitative estimate of drug-likeness (QED) is 0.451. The molecule has 1 N–H and O–H groups in total. The van der Waals surface area contributed by atoms with Crippen LogP contribution in [0.3, 0.4) is 0 Å². The molecule has 0 aliphatic carbocycles. The second-order valence-corrected chi connectivity index (χ2v) is 4.10. The molecule has 1 aromatic heterocycles. The van der Waals surface area contributed by atoms with Gasteiger partial charge in [0, 0.05) is 0 Å². The number of benzene rings is 2. The van der Waals surface area contributed by atoms with Crippen molar-refractivity contribution >= 4 is 5.71 Å². The van der Waals surface area contributed by atoms with Gasteiger partial charge in [0.25, 0.3) is 5.89 Å². The lowest BCUT2D eigenvalue weighted by atomic mass is 10.1. The molecule has 0 saturated heterocycles. The lowest BCUT2D eigenvalue weighted by Crippen LogP contribution is -2.06. The van der Waals surface area contributed by atoms with Crippen LogP contribution < -0.4 is 4.74 Å². The fraction of sp³-hybridized carbons (Fsp3) is 0. The van der Waals surface area contributed by atoms with E-state index in [1.807, 2.05) is 36.4 Å². The number of rotatable bonds is 4. The average Bonchev–Trinajstić information content (AvgIpc) is 3.05. The van der Waals surface area contributed by atoms with Gasteiger partial charge in [-0.25, -0.2) is 0 Å². The maximum atomic E-state index is 9.25. The summed E-state index contributed by atoms with van der Waals surface area (Å²) in [7, 11) is 0. The Morgan fingerprint density at radius 3 is 2.52 bits per heavy atom. The highest BCUT2D eigenvalue weighted by atomic mass is 16.5. The minimum atomic E-state index is 0.113. The molecule has 0 aliphatic rings. The van der Waals surface area contributed by atoms with E-state index in [1.165, 1.54) is 6.39 Å². The van der Waals surface area contributed by atoms with Crippen LogP contribution in [0.5, 0.6) is 11.5 Å². The average molecular weight is 281 g/mol. The van der Waals surface area contributed by atoms with Gasteiger partial charge in [0.1, 0.15) is 11.5 Å². The number of ether oxygens (including phenoxy) is 1. The van der Waals surface area contributed by atoms with E-state index in [1.54, 1.807) is 18.2 Å². The standard InChI is InChI=1S/C15H11N3O3/c19-18-14(15-17-16-10-20-15)12-8-4-5-9-13(12)21-11-6-2-1-3-7-11/h1-10,19H. The molecule has 1 heterocycles. The maximum Gasteiger partial charge on any atom is 0.270 e. The second-order valence-electron chi connectivity index (χ2n) is 4.10. The van der Waals surface area contributed by atoms with Crippen molar-refractivity contribution in [3.8, 4) is 11.5 Å². The van der Waals surface area contributed by atoms with E-state index >= 15 is 0 Å². The Morgan fingerprint density at radius 2 is 1.81 bits per heavy atom. The molecule has 0 fully saturated rings. The molecular weight excluding hydrogens is 270 g/mol. The zero-order valence-electron chi connectivity index (χ0n) is 10.9. The summed E-state index contributed by atoms with van der Waals surface area (Å²) in [4.78, 5) is 0. The molecule has 0 atom stereocenters. The van der Waals surface area contributed by atoms with Crippen molar-refractivity contribution in [1.29, 1.82) is 0 Å². The van der Waals surface area contributed by atoms with Gasteiger partial charge in [0.2, 0.25) is 6.39 Å². The minimum absolute atomic E-state index is 0.113. The molecule has 0 saturated carbocycles. The van der Waals surface area contributed by atoms with Crippen LogP contribution in [0.2, 0.25) is 0 Å². The van der Waals surface area contributed by atoms with E-state index in [4.69, 9.17) is 9.15 Å². The minimum Gasteiger partial charge on any atom is -0.457 e. The first-order valence-corrected chi connectivity index (χ1v) is 6.19. The van der Waals surface area contributed by atoms with Crippen molar-refractivity contribution in [2.75, 3.05) is 0 Å². The summed E-state index contributed by atoms with van der Waals surface area (Å²) >= 11 is 0. The fourth-order valence-corrected chi connectivity index (χ4v) is 1.85.